The van der Waals surface area contributed by atoms with Crippen LogP contribution in [0.4, 0.5) is 0 Å². The molecule has 0 heterocycles. The first-order chi connectivity index (χ1) is 13.8. The Morgan fingerprint density at radius 3 is 2.41 bits per heavy atom. The topological polar surface area (TPSA) is 49.4 Å². The summed E-state index contributed by atoms with van der Waals surface area (Å²) in [5, 5.41) is 3.60. The van der Waals surface area contributed by atoms with Gasteiger partial charge in [-0.15, -0.1) is 11.8 Å². The van der Waals surface area contributed by atoms with Gasteiger partial charge in [-0.3, -0.25) is 9.59 Å². The predicted molar refractivity (Wildman–Crippen MR) is 122 cm³/mol. The molecule has 4 nitrogen and oxygen atoms in total. The molecule has 0 spiro atoms. The minimum atomic E-state index is -0.544. The van der Waals surface area contributed by atoms with Gasteiger partial charge < -0.3 is 10.2 Å². The molecule has 156 valence electrons. The Kier molecular flexibility index (Phi) is 9.05. The van der Waals surface area contributed by atoms with Crippen molar-refractivity contribution < 1.29 is 9.59 Å². The number of nitrogens with one attached hydrogen (secondary N) is 1. The Balaban J connectivity index is 2.07. The summed E-state index contributed by atoms with van der Waals surface area (Å²) in [6, 6.07) is 15.1. The molecular weight excluding hydrogens is 404 g/mol. The molecule has 29 heavy (non-hydrogen) atoms. The SMILES string of the molecule is Cc1cccc(CN(C(=O)CSCc2cccc(Cl)c2)[C@H](C)C(=O)NC(C)C)c1. The second-order valence-corrected chi connectivity index (χ2v) is 8.89. The van der Waals surface area contributed by atoms with Gasteiger partial charge in [-0.1, -0.05) is 53.6 Å². The van der Waals surface area contributed by atoms with Crippen LogP contribution >= 0.6 is 23.4 Å². The van der Waals surface area contributed by atoms with Crippen molar-refractivity contribution in [3.05, 3.63) is 70.2 Å². The summed E-state index contributed by atoms with van der Waals surface area (Å²) in [5.41, 5.74) is 3.22. The van der Waals surface area contributed by atoms with Crippen LogP contribution in [0.2, 0.25) is 5.02 Å². The molecule has 0 aromatic heterocycles. The Morgan fingerprint density at radius 1 is 1.07 bits per heavy atom. The van der Waals surface area contributed by atoms with Crippen LogP contribution in [-0.2, 0) is 21.9 Å². The lowest BCUT2D eigenvalue weighted by molar-refractivity contribution is -0.138. The van der Waals surface area contributed by atoms with Crippen LogP contribution in [0, 0.1) is 6.92 Å². The monoisotopic (exact) mass is 432 g/mol. The molecule has 2 amide bonds. The Labute approximate surface area is 183 Å². The van der Waals surface area contributed by atoms with E-state index in [9.17, 15) is 9.59 Å². The number of rotatable bonds is 9. The van der Waals surface area contributed by atoms with Gasteiger partial charge in [0.2, 0.25) is 11.8 Å². The number of benzene rings is 2. The summed E-state index contributed by atoms with van der Waals surface area (Å²) < 4.78 is 0. The maximum absolute atomic E-state index is 13.0. The molecule has 1 N–H and O–H groups in total. The zero-order chi connectivity index (χ0) is 21.4. The van der Waals surface area contributed by atoms with E-state index >= 15 is 0 Å². The molecular formula is C23H29ClN2O2S. The van der Waals surface area contributed by atoms with Crippen molar-refractivity contribution in [3.63, 3.8) is 0 Å². The zero-order valence-electron chi connectivity index (χ0n) is 17.4. The Morgan fingerprint density at radius 2 is 1.76 bits per heavy atom. The highest BCUT2D eigenvalue weighted by molar-refractivity contribution is 7.99. The fourth-order valence-corrected chi connectivity index (χ4v) is 4.03. The maximum atomic E-state index is 13.0. The highest BCUT2D eigenvalue weighted by atomic mass is 35.5. The second-order valence-electron chi connectivity index (χ2n) is 7.47. The van der Waals surface area contributed by atoms with Crippen LogP contribution in [0.3, 0.4) is 0 Å². The highest BCUT2D eigenvalue weighted by Gasteiger charge is 2.26. The number of nitrogens with zero attached hydrogens (tertiary/aromatic N) is 1. The van der Waals surface area contributed by atoms with Gasteiger partial charge in [-0.2, -0.15) is 0 Å². The molecule has 0 aliphatic carbocycles. The fourth-order valence-electron chi connectivity index (χ4n) is 2.96. The highest BCUT2D eigenvalue weighted by Crippen LogP contribution is 2.18. The molecule has 0 aliphatic rings. The molecule has 1 atom stereocenters. The third-order valence-electron chi connectivity index (χ3n) is 4.42. The number of carbonyl (C=O) groups excluding carboxylic acids is 2. The van der Waals surface area contributed by atoms with E-state index in [1.54, 1.807) is 11.8 Å². The second kappa shape index (κ2) is 11.3. The first kappa shape index (κ1) is 23.3. The van der Waals surface area contributed by atoms with Gasteiger partial charge in [0.05, 0.1) is 5.75 Å². The normalized spacial score (nSPS) is 11.9. The van der Waals surface area contributed by atoms with Crippen LogP contribution in [0.5, 0.6) is 0 Å². The largest absolute Gasteiger partial charge is 0.352 e. The fraction of sp³-hybridized carbons (Fsp3) is 0.391. The van der Waals surface area contributed by atoms with Gasteiger partial charge in [0, 0.05) is 23.4 Å². The number of carbonyl (C=O) groups is 2. The van der Waals surface area contributed by atoms with Crippen molar-refractivity contribution in [2.75, 3.05) is 5.75 Å². The van der Waals surface area contributed by atoms with Crippen LogP contribution in [0.25, 0.3) is 0 Å². The summed E-state index contributed by atoms with van der Waals surface area (Å²) in [7, 11) is 0. The summed E-state index contributed by atoms with van der Waals surface area (Å²) in [6.07, 6.45) is 0. The van der Waals surface area contributed by atoms with Gasteiger partial charge in [-0.05, 0) is 51.0 Å². The summed E-state index contributed by atoms with van der Waals surface area (Å²) >= 11 is 7.56. The summed E-state index contributed by atoms with van der Waals surface area (Å²) in [4.78, 5) is 27.2. The van der Waals surface area contributed by atoms with E-state index in [2.05, 4.69) is 5.32 Å². The summed E-state index contributed by atoms with van der Waals surface area (Å²) in [6.45, 7) is 8.04. The van der Waals surface area contributed by atoms with Crippen LogP contribution in [-0.4, -0.2) is 34.6 Å². The average molecular weight is 433 g/mol. The summed E-state index contributed by atoms with van der Waals surface area (Å²) in [5.74, 6) is 0.806. The van der Waals surface area contributed by atoms with Crippen molar-refractivity contribution in [1.29, 1.82) is 0 Å². The van der Waals surface area contributed by atoms with E-state index in [-0.39, 0.29) is 17.9 Å². The van der Waals surface area contributed by atoms with E-state index in [0.717, 1.165) is 16.7 Å². The molecule has 2 aromatic carbocycles. The average Bonchev–Trinajstić information content (AvgIpc) is 2.65. The molecule has 0 unspecified atom stereocenters. The molecule has 0 aliphatic heterocycles. The van der Waals surface area contributed by atoms with Crippen molar-refractivity contribution in [1.82, 2.24) is 10.2 Å². The molecule has 2 rings (SSSR count). The van der Waals surface area contributed by atoms with Gasteiger partial charge in [-0.25, -0.2) is 0 Å². The minimum Gasteiger partial charge on any atom is -0.352 e. The van der Waals surface area contributed by atoms with Crippen molar-refractivity contribution in [3.8, 4) is 0 Å². The smallest absolute Gasteiger partial charge is 0.242 e. The third-order valence-corrected chi connectivity index (χ3v) is 5.64. The first-order valence-corrected chi connectivity index (χ1v) is 11.3. The lowest BCUT2D eigenvalue weighted by atomic mass is 10.1. The number of hydrogen-bond donors (Lipinski definition) is 1. The number of thioether (sulfide) groups is 1. The molecule has 0 bridgehead atoms. The van der Waals surface area contributed by atoms with Crippen molar-refractivity contribution in [2.45, 2.75) is 52.1 Å². The Hall–Kier alpha value is -1.98. The lowest BCUT2D eigenvalue weighted by Gasteiger charge is -2.29. The molecule has 2 aromatic rings. The third kappa shape index (κ3) is 7.75. The van der Waals surface area contributed by atoms with Gasteiger partial charge in [0.15, 0.2) is 0 Å². The van der Waals surface area contributed by atoms with Crippen molar-refractivity contribution >= 4 is 35.2 Å². The van der Waals surface area contributed by atoms with E-state index in [1.165, 1.54) is 11.8 Å². The van der Waals surface area contributed by atoms with E-state index < -0.39 is 6.04 Å². The number of halogens is 1. The molecule has 0 saturated heterocycles. The van der Waals surface area contributed by atoms with Crippen LogP contribution in [0.1, 0.15) is 37.5 Å². The Bertz CT molecular complexity index is 841. The number of amides is 2. The van der Waals surface area contributed by atoms with E-state index in [4.69, 9.17) is 11.6 Å². The quantitative estimate of drug-likeness (QED) is 0.617. The van der Waals surface area contributed by atoms with E-state index in [0.29, 0.717) is 23.1 Å². The molecule has 0 fully saturated rings. The zero-order valence-corrected chi connectivity index (χ0v) is 19.0. The minimum absolute atomic E-state index is 0.0260. The standard InChI is InChI=1S/C23H29ClN2O2S/c1-16(2)25-23(28)18(4)26(13-19-8-5-7-17(3)11-19)22(27)15-29-14-20-9-6-10-21(24)12-20/h5-12,16,18H,13-15H2,1-4H3,(H,25,28)/t18-/m1/s1. The van der Waals surface area contributed by atoms with Gasteiger partial charge in [0.25, 0.3) is 0 Å². The van der Waals surface area contributed by atoms with Crippen LogP contribution in [0.15, 0.2) is 48.5 Å². The number of aryl methyl sites for hydroxylation is 1. The van der Waals surface area contributed by atoms with Crippen LogP contribution < -0.4 is 5.32 Å². The van der Waals surface area contributed by atoms with Gasteiger partial charge in [0.1, 0.15) is 6.04 Å². The molecule has 6 heteroatoms. The first-order valence-electron chi connectivity index (χ1n) is 9.74. The maximum Gasteiger partial charge on any atom is 0.242 e. The van der Waals surface area contributed by atoms with Gasteiger partial charge >= 0.3 is 0 Å². The van der Waals surface area contributed by atoms with E-state index in [1.807, 2.05) is 69.3 Å². The lowest BCUT2D eigenvalue weighted by Crippen LogP contribution is -2.49. The number of hydrogen-bond acceptors (Lipinski definition) is 3. The predicted octanol–water partition coefficient (Wildman–Crippen LogP) is 4.82. The van der Waals surface area contributed by atoms with Crippen molar-refractivity contribution in [2.24, 2.45) is 0 Å². The molecule has 0 saturated carbocycles. The molecule has 0 radical (unpaired) electrons.